The van der Waals surface area contributed by atoms with Crippen LogP contribution < -0.4 is 16.1 Å². The molecule has 4 heteroatoms. The van der Waals surface area contributed by atoms with Gasteiger partial charge in [0.15, 0.2) is 0 Å². The molecule has 1 aliphatic rings. The van der Waals surface area contributed by atoms with Crippen LogP contribution in [0.2, 0.25) is 0 Å². The van der Waals surface area contributed by atoms with Gasteiger partial charge in [-0.1, -0.05) is 42.5 Å². The van der Waals surface area contributed by atoms with Gasteiger partial charge in [0.2, 0.25) is 0 Å². The zero-order valence-electron chi connectivity index (χ0n) is 13.3. The Morgan fingerprint density at radius 3 is 2.71 bits per heavy atom. The highest BCUT2D eigenvalue weighted by molar-refractivity contribution is 7.15. The van der Waals surface area contributed by atoms with Crippen LogP contribution >= 0.6 is 11.3 Å². The molecule has 2 heterocycles. The first-order valence-corrected chi connectivity index (χ1v) is 9.05. The van der Waals surface area contributed by atoms with Crippen molar-refractivity contribution in [3.63, 3.8) is 0 Å². The van der Waals surface area contributed by atoms with Gasteiger partial charge in [-0.3, -0.25) is 4.79 Å². The standard InChI is InChI=1S/C20H18N2OS/c23-20-16-8-4-5-9-17(16)21-19(22-20)13-11-15-10-12-18(24-15)14-6-2-1-3-7-14/h1-3,6-10,12H,4-5,11,13H2,(H,21,22,23). The van der Waals surface area contributed by atoms with Crippen LogP contribution in [0.15, 0.2) is 47.3 Å². The van der Waals surface area contributed by atoms with E-state index in [2.05, 4.69) is 52.4 Å². The summed E-state index contributed by atoms with van der Waals surface area (Å²) in [6, 6.07) is 14.7. The summed E-state index contributed by atoms with van der Waals surface area (Å²) in [4.78, 5) is 22.3. The second-order valence-corrected chi connectivity index (χ2v) is 7.10. The first-order chi connectivity index (χ1) is 11.8. The van der Waals surface area contributed by atoms with Crippen molar-refractivity contribution in [2.45, 2.75) is 25.7 Å². The lowest BCUT2D eigenvalue weighted by Crippen LogP contribution is -2.45. The Morgan fingerprint density at radius 1 is 1.00 bits per heavy atom. The van der Waals surface area contributed by atoms with Gasteiger partial charge in [-0.2, -0.15) is 0 Å². The van der Waals surface area contributed by atoms with Crippen molar-refractivity contribution in [1.29, 1.82) is 0 Å². The zero-order chi connectivity index (χ0) is 16.4. The van der Waals surface area contributed by atoms with Crippen LogP contribution in [0.1, 0.15) is 23.5 Å². The Balaban J connectivity index is 1.53. The number of H-pyrrole nitrogens is 1. The highest BCUT2D eigenvalue weighted by Crippen LogP contribution is 2.28. The highest BCUT2D eigenvalue weighted by atomic mass is 32.1. The summed E-state index contributed by atoms with van der Waals surface area (Å²) in [5.41, 5.74) is 1.24. The molecule has 0 aliphatic heterocycles. The number of aromatic amines is 1. The Labute approximate surface area is 144 Å². The maximum Gasteiger partial charge on any atom is 0.258 e. The molecule has 1 aliphatic carbocycles. The van der Waals surface area contributed by atoms with Crippen LogP contribution in [0.4, 0.5) is 0 Å². The molecule has 0 saturated carbocycles. The van der Waals surface area contributed by atoms with Gasteiger partial charge in [0.1, 0.15) is 5.82 Å². The van der Waals surface area contributed by atoms with Gasteiger partial charge < -0.3 is 4.98 Å². The molecule has 3 aromatic rings. The molecule has 0 atom stereocenters. The number of nitrogens with zero attached hydrogens (tertiary/aromatic N) is 1. The summed E-state index contributed by atoms with van der Waals surface area (Å²) in [6.07, 6.45) is 7.58. The van der Waals surface area contributed by atoms with Crippen LogP contribution in [0.5, 0.6) is 0 Å². The first kappa shape index (κ1) is 15.1. The number of fused-ring (bicyclic) bond motifs is 1. The third-order valence-corrected chi connectivity index (χ3v) is 5.41. The average Bonchev–Trinajstić information content (AvgIpc) is 3.10. The summed E-state index contributed by atoms with van der Waals surface area (Å²) >= 11 is 1.80. The van der Waals surface area contributed by atoms with Crippen LogP contribution in [-0.2, 0) is 12.8 Å². The molecule has 0 radical (unpaired) electrons. The topological polar surface area (TPSA) is 45.8 Å². The van der Waals surface area contributed by atoms with Crippen molar-refractivity contribution in [2.24, 2.45) is 0 Å². The molecule has 0 spiro atoms. The highest BCUT2D eigenvalue weighted by Gasteiger charge is 2.06. The quantitative estimate of drug-likeness (QED) is 0.797. The molecule has 4 rings (SSSR count). The fraction of sp³-hybridized carbons (Fsp3) is 0.200. The van der Waals surface area contributed by atoms with E-state index >= 15 is 0 Å². The van der Waals surface area contributed by atoms with E-state index in [4.69, 9.17) is 0 Å². The molecule has 0 saturated heterocycles. The van der Waals surface area contributed by atoms with Crippen molar-refractivity contribution < 1.29 is 0 Å². The smallest absolute Gasteiger partial charge is 0.258 e. The Hall–Kier alpha value is -2.46. The molecule has 3 nitrogen and oxygen atoms in total. The molecule has 0 amide bonds. The number of benzene rings is 1. The first-order valence-electron chi connectivity index (χ1n) is 8.23. The van der Waals surface area contributed by atoms with E-state index in [0.29, 0.717) is 0 Å². The maximum absolute atomic E-state index is 12.1. The van der Waals surface area contributed by atoms with Crippen molar-refractivity contribution in [2.75, 3.05) is 0 Å². The van der Waals surface area contributed by atoms with Gasteiger partial charge >= 0.3 is 0 Å². The van der Waals surface area contributed by atoms with Gasteiger partial charge in [-0.05, 0) is 37.0 Å². The zero-order valence-corrected chi connectivity index (χ0v) is 14.1. The van der Waals surface area contributed by atoms with Crippen LogP contribution in [0.25, 0.3) is 22.6 Å². The predicted octanol–water partition coefficient (Wildman–Crippen LogP) is 2.64. The lowest BCUT2D eigenvalue weighted by molar-refractivity contribution is 0.832. The van der Waals surface area contributed by atoms with Crippen LogP contribution in [0, 0.1) is 0 Å². The number of aryl methyl sites for hydroxylation is 2. The third kappa shape index (κ3) is 3.10. The molecular weight excluding hydrogens is 316 g/mol. The fourth-order valence-corrected chi connectivity index (χ4v) is 3.99. The summed E-state index contributed by atoms with van der Waals surface area (Å²) in [5, 5.41) is 1.57. The van der Waals surface area contributed by atoms with E-state index in [9.17, 15) is 4.79 Å². The van der Waals surface area contributed by atoms with Gasteiger partial charge in [-0.25, -0.2) is 4.98 Å². The van der Waals surface area contributed by atoms with E-state index in [0.717, 1.165) is 42.1 Å². The minimum Gasteiger partial charge on any atom is -0.310 e. The molecule has 1 aromatic carbocycles. The molecule has 0 bridgehead atoms. The monoisotopic (exact) mass is 334 g/mol. The number of nitrogens with one attached hydrogen (secondary N) is 1. The summed E-state index contributed by atoms with van der Waals surface area (Å²) in [6.45, 7) is 0. The van der Waals surface area contributed by atoms with Gasteiger partial charge in [0, 0.05) is 16.2 Å². The number of thiophene rings is 1. The van der Waals surface area contributed by atoms with Gasteiger partial charge in [0.05, 0.1) is 10.6 Å². The molecule has 1 N–H and O–H groups in total. The van der Waals surface area contributed by atoms with Crippen molar-refractivity contribution in [1.82, 2.24) is 9.97 Å². The molecular formula is C20H18N2OS. The summed E-state index contributed by atoms with van der Waals surface area (Å²) < 4.78 is 0. The normalized spacial score (nSPS) is 13.0. The van der Waals surface area contributed by atoms with E-state index in [-0.39, 0.29) is 5.56 Å². The lowest BCUT2D eigenvalue weighted by atomic mass is 10.1. The van der Waals surface area contributed by atoms with Crippen molar-refractivity contribution in [3.05, 3.63) is 74.1 Å². The second-order valence-electron chi connectivity index (χ2n) is 5.93. The fourth-order valence-electron chi connectivity index (χ4n) is 2.98. The minimum absolute atomic E-state index is 0.0119. The number of rotatable bonds is 4. The van der Waals surface area contributed by atoms with Crippen LogP contribution in [0.3, 0.4) is 0 Å². The van der Waals surface area contributed by atoms with E-state index in [1.54, 1.807) is 11.3 Å². The number of hydrogen-bond acceptors (Lipinski definition) is 3. The number of hydrogen-bond donors (Lipinski definition) is 1. The van der Waals surface area contributed by atoms with Crippen LogP contribution in [-0.4, -0.2) is 9.97 Å². The van der Waals surface area contributed by atoms with Gasteiger partial charge in [0.25, 0.3) is 5.56 Å². The molecule has 24 heavy (non-hydrogen) atoms. The summed E-state index contributed by atoms with van der Waals surface area (Å²) in [5.74, 6) is 0.778. The van der Waals surface area contributed by atoms with E-state index in [1.807, 2.05) is 12.1 Å². The maximum atomic E-state index is 12.1. The van der Waals surface area contributed by atoms with Crippen molar-refractivity contribution >= 4 is 23.5 Å². The van der Waals surface area contributed by atoms with Gasteiger partial charge in [-0.15, -0.1) is 11.3 Å². The minimum atomic E-state index is -0.0119. The largest absolute Gasteiger partial charge is 0.310 e. The summed E-state index contributed by atoms with van der Waals surface area (Å²) in [7, 11) is 0. The Kier molecular flexibility index (Phi) is 4.13. The van der Waals surface area contributed by atoms with E-state index in [1.165, 1.54) is 15.3 Å². The second kappa shape index (κ2) is 6.57. The number of aromatic nitrogens is 2. The van der Waals surface area contributed by atoms with E-state index < -0.39 is 0 Å². The Bertz CT molecular complexity index is 1030. The average molecular weight is 334 g/mol. The van der Waals surface area contributed by atoms with Crippen molar-refractivity contribution in [3.8, 4) is 10.4 Å². The Morgan fingerprint density at radius 2 is 1.83 bits per heavy atom. The lowest BCUT2D eigenvalue weighted by Gasteiger charge is -2.03. The molecule has 0 fully saturated rings. The predicted molar refractivity (Wildman–Crippen MR) is 99.4 cm³/mol. The molecule has 0 unspecified atom stereocenters. The SMILES string of the molecule is O=c1[nH]c(CCc2ccc(-c3ccccc3)s2)nc2c1=CCCC=2. The third-order valence-electron chi connectivity index (χ3n) is 4.21. The molecule has 2 aromatic heterocycles. The molecule has 120 valence electrons.